The quantitative estimate of drug-likeness (QED) is 0.918. The van der Waals surface area contributed by atoms with Gasteiger partial charge in [0.05, 0.1) is 5.69 Å². The molecular formula is C16H29N3S. The van der Waals surface area contributed by atoms with Crippen LogP contribution in [0, 0.1) is 11.3 Å². The summed E-state index contributed by atoms with van der Waals surface area (Å²) in [4.78, 5) is 8.59. The molecule has 0 radical (unpaired) electrons. The second-order valence-electron chi connectivity index (χ2n) is 6.95. The van der Waals surface area contributed by atoms with Crippen molar-refractivity contribution in [2.75, 3.05) is 18.0 Å². The summed E-state index contributed by atoms with van der Waals surface area (Å²) < 4.78 is 0. The third-order valence-corrected chi connectivity index (χ3v) is 5.61. The van der Waals surface area contributed by atoms with Crippen molar-refractivity contribution in [2.45, 2.75) is 59.9 Å². The predicted octanol–water partition coefficient (Wildman–Crippen LogP) is 3.82. The third-order valence-electron chi connectivity index (χ3n) is 4.43. The van der Waals surface area contributed by atoms with Crippen LogP contribution in [-0.2, 0) is 13.0 Å². The number of hydrogen-bond donors (Lipinski definition) is 1. The molecule has 1 fully saturated rings. The molecule has 20 heavy (non-hydrogen) atoms. The third kappa shape index (κ3) is 3.53. The van der Waals surface area contributed by atoms with E-state index in [1.54, 1.807) is 11.3 Å². The van der Waals surface area contributed by atoms with Crippen LogP contribution in [0.1, 0.15) is 57.5 Å². The van der Waals surface area contributed by atoms with E-state index in [-0.39, 0.29) is 0 Å². The number of hydrogen-bond acceptors (Lipinski definition) is 4. The molecule has 1 aliphatic heterocycles. The summed E-state index contributed by atoms with van der Waals surface area (Å²) in [7, 11) is 0. The fraction of sp³-hybridized carbons (Fsp3) is 0.812. The average Bonchev–Trinajstić information content (AvgIpc) is 2.81. The smallest absolute Gasteiger partial charge is 0.185 e. The minimum Gasteiger partial charge on any atom is -0.348 e. The molecule has 0 unspecified atom stereocenters. The highest BCUT2D eigenvalue weighted by Gasteiger charge is 2.29. The Balaban J connectivity index is 2.03. The van der Waals surface area contributed by atoms with E-state index in [1.165, 1.54) is 28.5 Å². The van der Waals surface area contributed by atoms with Gasteiger partial charge in [-0.25, -0.2) is 4.98 Å². The van der Waals surface area contributed by atoms with Gasteiger partial charge in [0, 0.05) is 24.5 Å². The maximum absolute atomic E-state index is 5.85. The minimum absolute atomic E-state index is 0.435. The molecule has 0 bridgehead atoms. The van der Waals surface area contributed by atoms with Crippen molar-refractivity contribution in [3.8, 4) is 0 Å². The van der Waals surface area contributed by atoms with Crippen LogP contribution in [0.3, 0.4) is 0 Å². The lowest BCUT2D eigenvalue weighted by Gasteiger charge is -2.38. The standard InChI is InChI=1S/C16H29N3S/c1-5-6-13-14(11-17)20-15(18-13)19-9-7-12(8-10-19)16(2,3)4/h12H,5-11,17H2,1-4H3. The molecule has 0 aromatic carbocycles. The molecule has 1 aliphatic rings. The second-order valence-corrected chi connectivity index (χ2v) is 8.01. The molecule has 114 valence electrons. The van der Waals surface area contributed by atoms with Gasteiger partial charge in [-0.15, -0.1) is 11.3 Å². The minimum atomic E-state index is 0.435. The first kappa shape index (κ1) is 15.8. The van der Waals surface area contributed by atoms with Crippen LogP contribution in [0.15, 0.2) is 0 Å². The number of aryl methyl sites for hydroxylation is 1. The fourth-order valence-corrected chi connectivity index (χ4v) is 4.07. The highest BCUT2D eigenvalue weighted by atomic mass is 32.1. The fourth-order valence-electron chi connectivity index (χ4n) is 3.03. The highest BCUT2D eigenvalue weighted by molar-refractivity contribution is 7.15. The average molecular weight is 295 g/mol. The van der Waals surface area contributed by atoms with Crippen LogP contribution in [0.4, 0.5) is 5.13 Å². The largest absolute Gasteiger partial charge is 0.348 e. The molecule has 1 aromatic rings. The molecule has 1 saturated heterocycles. The Morgan fingerprint density at radius 2 is 1.95 bits per heavy atom. The van der Waals surface area contributed by atoms with Gasteiger partial charge in [-0.1, -0.05) is 34.1 Å². The van der Waals surface area contributed by atoms with Crippen molar-refractivity contribution in [2.24, 2.45) is 17.1 Å². The number of thiazole rings is 1. The van der Waals surface area contributed by atoms with Crippen molar-refractivity contribution >= 4 is 16.5 Å². The van der Waals surface area contributed by atoms with Gasteiger partial charge in [0.1, 0.15) is 0 Å². The van der Waals surface area contributed by atoms with E-state index >= 15 is 0 Å². The van der Waals surface area contributed by atoms with Gasteiger partial charge in [-0.05, 0) is 30.6 Å². The Bertz CT molecular complexity index is 425. The van der Waals surface area contributed by atoms with Crippen LogP contribution in [-0.4, -0.2) is 18.1 Å². The van der Waals surface area contributed by atoms with Crippen molar-refractivity contribution in [3.05, 3.63) is 10.6 Å². The molecule has 2 N–H and O–H groups in total. The zero-order valence-corrected chi connectivity index (χ0v) is 14.2. The Hall–Kier alpha value is -0.610. The van der Waals surface area contributed by atoms with Crippen LogP contribution < -0.4 is 10.6 Å². The van der Waals surface area contributed by atoms with E-state index in [0.717, 1.165) is 31.8 Å². The van der Waals surface area contributed by atoms with Gasteiger partial charge in [0.25, 0.3) is 0 Å². The SMILES string of the molecule is CCCc1nc(N2CCC(C(C)(C)C)CC2)sc1CN. The van der Waals surface area contributed by atoms with Crippen molar-refractivity contribution in [1.82, 2.24) is 4.98 Å². The summed E-state index contributed by atoms with van der Waals surface area (Å²) in [5.74, 6) is 0.836. The van der Waals surface area contributed by atoms with E-state index in [4.69, 9.17) is 10.7 Å². The normalized spacial score (nSPS) is 17.8. The van der Waals surface area contributed by atoms with E-state index in [1.807, 2.05) is 0 Å². The summed E-state index contributed by atoms with van der Waals surface area (Å²) in [5.41, 5.74) is 7.52. The lowest BCUT2D eigenvalue weighted by molar-refractivity contribution is 0.199. The number of anilines is 1. The van der Waals surface area contributed by atoms with Gasteiger partial charge >= 0.3 is 0 Å². The maximum atomic E-state index is 5.85. The summed E-state index contributed by atoms with van der Waals surface area (Å²) in [5, 5.41) is 1.20. The van der Waals surface area contributed by atoms with E-state index < -0.39 is 0 Å². The van der Waals surface area contributed by atoms with Crippen LogP contribution >= 0.6 is 11.3 Å². The topological polar surface area (TPSA) is 42.2 Å². The molecule has 2 rings (SSSR count). The number of nitrogens with zero attached hydrogens (tertiary/aromatic N) is 2. The van der Waals surface area contributed by atoms with Gasteiger partial charge in [-0.2, -0.15) is 0 Å². The van der Waals surface area contributed by atoms with Gasteiger partial charge in [-0.3, -0.25) is 0 Å². The van der Waals surface area contributed by atoms with E-state index in [9.17, 15) is 0 Å². The number of piperidine rings is 1. The monoisotopic (exact) mass is 295 g/mol. The first-order chi connectivity index (χ1) is 9.45. The zero-order chi connectivity index (χ0) is 14.8. The summed E-state index contributed by atoms with van der Waals surface area (Å²) in [6, 6.07) is 0. The van der Waals surface area contributed by atoms with Gasteiger partial charge in [0.2, 0.25) is 0 Å². The molecule has 0 saturated carbocycles. The lowest BCUT2D eigenvalue weighted by Crippen LogP contribution is -2.38. The van der Waals surface area contributed by atoms with Crippen LogP contribution in [0.25, 0.3) is 0 Å². The molecule has 4 heteroatoms. The van der Waals surface area contributed by atoms with Crippen molar-refractivity contribution in [1.29, 1.82) is 0 Å². The Morgan fingerprint density at radius 3 is 2.45 bits per heavy atom. The molecule has 2 heterocycles. The molecule has 0 amide bonds. The maximum Gasteiger partial charge on any atom is 0.185 e. The number of rotatable bonds is 4. The zero-order valence-electron chi connectivity index (χ0n) is 13.4. The molecule has 0 atom stereocenters. The van der Waals surface area contributed by atoms with Crippen LogP contribution in [0.5, 0.6) is 0 Å². The second kappa shape index (κ2) is 6.44. The van der Waals surface area contributed by atoms with Gasteiger partial charge < -0.3 is 10.6 Å². The molecule has 0 aliphatic carbocycles. The van der Waals surface area contributed by atoms with Crippen LogP contribution in [0.2, 0.25) is 0 Å². The molecule has 3 nitrogen and oxygen atoms in total. The van der Waals surface area contributed by atoms with E-state index in [2.05, 4.69) is 32.6 Å². The number of nitrogens with two attached hydrogens (primary N) is 1. The molecular weight excluding hydrogens is 266 g/mol. The molecule has 0 spiro atoms. The van der Waals surface area contributed by atoms with E-state index in [0.29, 0.717) is 12.0 Å². The first-order valence-electron chi connectivity index (χ1n) is 7.89. The molecule has 1 aromatic heterocycles. The van der Waals surface area contributed by atoms with Gasteiger partial charge in [0.15, 0.2) is 5.13 Å². The van der Waals surface area contributed by atoms with Crippen molar-refractivity contribution in [3.63, 3.8) is 0 Å². The number of aromatic nitrogens is 1. The Morgan fingerprint density at radius 1 is 1.30 bits per heavy atom. The lowest BCUT2D eigenvalue weighted by atomic mass is 9.75. The summed E-state index contributed by atoms with van der Waals surface area (Å²) in [6.07, 6.45) is 4.76. The summed E-state index contributed by atoms with van der Waals surface area (Å²) >= 11 is 1.80. The predicted molar refractivity (Wildman–Crippen MR) is 88.4 cm³/mol. The van der Waals surface area contributed by atoms with Crippen molar-refractivity contribution < 1.29 is 0 Å². The Kier molecular flexibility index (Phi) is 5.08. The summed E-state index contributed by atoms with van der Waals surface area (Å²) in [6.45, 7) is 12.2. The highest BCUT2D eigenvalue weighted by Crippen LogP contribution is 2.37. The first-order valence-corrected chi connectivity index (χ1v) is 8.71. The Labute approximate surface area is 127 Å².